The van der Waals surface area contributed by atoms with Crippen LogP contribution in [0, 0.1) is 6.20 Å². The Balaban J connectivity index is 3.02. The van der Waals surface area contributed by atoms with Crippen LogP contribution in [0.3, 0.4) is 0 Å². The lowest BCUT2D eigenvalue weighted by Gasteiger charge is -1.81. The van der Waals surface area contributed by atoms with E-state index in [0.717, 1.165) is 0 Å². The van der Waals surface area contributed by atoms with Crippen LogP contribution < -0.4 is 5.73 Å². The van der Waals surface area contributed by atoms with E-state index >= 15 is 0 Å². The molecule has 1 aromatic heterocycles. The van der Waals surface area contributed by atoms with E-state index in [0.29, 0.717) is 5.69 Å². The molecule has 0 saturated heterocycles. The maximum absolute atomic E-state index is 5.22. The predicted octanol–water partition coefficient (Wildman–Crippen LogP) is -0.141. The molecule has 0 aliphatic carbocycles. The van der Waals surface area contributed by atoms with Gasteiger partial charge in [-0.2, -0.15) is 5.10 Å². The summed E-state index contributed by atoms with van der Waals surface area (Å²) in [6, 6.07) is 1.56. The van der Waals surface area contributed by atoms with Crippen LogP contribution in [0.25, 0.3) is 0 Å². The summed E-state index contributed by atoms with van der Waals surface area (Å²) in [7, 11) is 0. The first-order chi connectivity index (χ1) is 3.39. The fraction of sp³-hybridized carbons (Fsp3) is 0. The number of rotatable bonds is 0. The molecule has 0 unspecified atom stereocenters. The van der Waals surface area contributed by atoms with Crippen molar-refractivity contribution < 1.29 is 0 Å². The summed E-state index contributed by atoms with van der Waals surface area (Å²) in [6.07, 6.45) is 3.94. The summed E-state index contributed by atoms with van der Waals surface area (Å²) in [6.45, 7) is 0. The zero-order chi connectivity index (χ0) is 5.11. The molecule has 0 spiro atoms. The third-order valence-corrected chi connectivity index (χ3v) is 0.553. The van der Waals surface area contributed by atoms with Gasteiger partial charge < -0.3 is 5.73 Å². The number of anilines is 1. The van der Waals surface area contributed by atoms with Crippen molar-refractivity contribution in [1.82, 2.24) is 10.2 Å². The summed E-state index contributed by atoms with van der Waals surface area (Å²) < 4.78 is 0. The average molecular weight is 94.1 g/mol. The SMILES string of the molecule is Nc1c[c]nnc1. The van der Waals surface area contributed by atoms with Gasteiger partial charge in [-0.15, -0.1) is 5.10 Å². The van der Waals surface area contributed by atoms with Gasteiger partial charge in [0.25, 0.3) is 0 Å². The number of nitrogen functional groups attached to an aromatic ring is 1. The molecule has 3 heteroatoms. The number of hydrogen-bond donors (Lipinski definition) is 1. The highest BCUT2D eigenvalue weighted by Gasteiger charge is 1.75. The molecule has 0 bridgehead atoms. The Kier molecular flexibility index (Phi) is 0.898. The van der Waals surface area contributed by atoms with Crippen molar-refractivity contribution in [2.75, 3.05) is 5.73 Å². The maximum atomic E-state index is 5.22. The van der Waals surface area contributed by atoms with Gasteiger partial charge in [0.2, 0.25) is 0 Å². The summed E-state index contributed by atoms with van der Waals surface area (Å²) in [5.74, 6) is 0. The second kappa shape index (κ2) is 1.55. The molecule has 1 rings (SSSR count). The molecule has 2 N–H and O–H groups in total. The number of aromatic nitrogens is 2. The van der Waals surface area contributed by atoms with Crippen LogP contribution in [-0.2, 0) is 0 Å². The van der Waals surface area contributed by atoms with Gasteiger partial charge in [0, 0.05) is 0 Å². The molecule has 1 radical (unpaired) electrons. The molecule has 0 saturated carbocycles. The third-order valence-electron chi connectivity index (χ3n) is 0.553. The fourth-order valence-electron chi connectivity index (χ4n) is 0.270. The van der Waals surface area contributed by atoms with Crippen molar-refractivity contribution in [3.05, 3.63) is 18.5 Å². The zero-order valence-electron chi connectivity index (χ0n) is 3.63. The largest absolute Gasteiger partial charge is 0.397 e. The molecule has 0 aliphatic heterocycles. The van der Waals surface area contributed by atoms with Gasteiger partial charge in [-0.05, 0) is 6.07 Å². The molecule has 3 nitrogen and oxygen atoms in total. The van der Waals surface area contributed by atoms with Crippen LogP contribution in [0.5, 0.6) is 0 Å². The molecule has 35 valence electrons. The van der Waals surface area contributed by atoms with Gasteiger partial charge in [-0.3, -0.25) is 0 Å². The van der Waals surface area contributed by atoms with Crippen molar-refractivity contribution in [2.24, 2.45) is 0 Å². The van der Waals surface area contributed by atoms with E-state index in [2.05, 4.69) is 16.4 Å². The first-order valence-corrected chi connectivity index (χ1v) is 1.84. The maximum Gasteiger partial charge on any atom is 0.115 e. The Labute approximate surface area is 41.2 Å². The molecular formula is C4H4N3. The smallest absolute Gasteiger partial charge is 0.115 e. The quantitative estimate of drug-likeness (QED) is 0.486. The van der Waals surface area contributed by atoms with Crippen LogP contribution in [0.1, 0.15) is 0 Å². The molecular weight excluding hydrogens is 90.1 g/mol. The lowest BCUT2D eigenvalue weighted by molar-refractivity contribution is 1.03. The van der Waals surface area contributed by atoms with Gasteiger partial charge in [0.05, 0.1) is 11.9 Å². The second-order valence-electron chi connectivity index (χ2n) is 1.12. The molecule has 7 heavy (non-hydrogen) atoms. The predicted molar refractivity (Wildman–Crippen MR) is 25.3 cm³/mol. The van der Waals surface area contributed by atoms with Gasteiger partial charge in [0.1, 0.15) is 6.20 Å². The summed E-state index contributed by atoms with van der Waals surface area (Å²) in [4.78, 5) is 0. The molecule has 1 heterocycles. The van der Waals surface area contributed by atoms with Gasteiger partial charge in [0.15, 0.2) is 0 Å². The molecule has 0 aromatic carbocycles. The van der Waals surface area contributed by atoms with E-state index in [1.54, 1.807) is 6.07 Å². The standard InChI is InChI=1S/C4H4N3/c5-4-1-2-6-7-3-4/h1,3H,(H2,5,6). The van der Waals surface area contributed by atoms with E-state index in [9.17, 15) is 0 Å². The van der Waals surface area contributed by atoms with Crippen LogP contribution in [0.15, 0.2) is 12.3 Å². The minimum absolute atomic E-state index is 0.593. The van der Waals surface area contributed by atoms with E-state index in [4.69, 9.17) is 5.73 Å². The van der Waals surface area contributed by atoms with E-state index in [-0.39, 0.29) is 0 Å². The average Bonchev–Trinajstić information content (AvgIpc) is 1.69. The molecule has 0 amide bonds. The highest BCUT2D eigenvalue weighted by Crippen LogP contribution is 1.88. The Morgan fingerprint density at radius 3 is 2.86 bits per heavy atom. The highest BCUT2D eigenvalue weighted by molar-refractivity contribution is 5.30. The normalized spacial score (nSPS) is 8.57. The molecule has 1 aromatic rings. The van der Waals surface area contributed by atoms with Gasteiger partial charge >= 0.3 is 0 Å². The van der Waals surface area contributed by atoms with Crippen molar-refractivity contribution in [3.63, 3.8) is 0 Å². The van der Waals surface area contributed by atoms with Crippen LogP contribution >= 0.6 is 0 Å². The number of nitrogens with two attached hydrogens (primary N) is 1. The topological polar surface area (TPSA) is 51.8 Å². The molecule has 0 fully saturated rings. The second-order valence-corrected chi connectivity index (χ2v) is 1.12. The monoisotopic (exact) mass is 94.0 g/mol. The summed E-state index contributed by atoms with van der Waals surface area (Å²) >= 11 is 0. The Morgan fingerprint density at radius 1 is 1.71 bits per heavy atom. The number of nitrogens with zero attached hydrogens (tertiary/aromatic N) is 2. The Morgan fingerprint density at radius 2 is 2.57 bits per heavy atom. The van der Waals surface area contributed by atoms with E-state index in [1.807, 2.05) is 0 Å². The van der Waals surface area contributed by atoms with Crippen LogP contribution in [0.2, 0.25) is 0 Å². The Bertz CT molecular complexity index is 137. The van der Waals surface area contributed by atoms with E-state index in [1.165, 1.54) is 6.20 Å². The first kappa shape index (κ1) is 4.05. The minimum atomic E-state index is 0.593. The Hall–Kier alpha value is -1.12. The van der Waals surface area contributed by atoms with Gasteiger partial charge in [-0.1, -0.05) is 0 Å². The number of hydrogen-bond acceptors (Lipinski definition) is 3. The van der Waals surface area contributed by atoms with Crippen molar-refractivity contribution in [3.8, 4) is 0 Å². The fourth-order valence-corrected chi connectivity index (χ4v) is 0.270. The zero-order valence-corrected chi connectivity index (χ0v) is 3.63. The van der Waals surface area contributed by atoms with Crippen LogP contribution in [-0.4, -0.2) is 10.2 Å². The van der Waals surface area contributed by atoms with Crippen molar-refractivity contribution in [1.29, 1.82) is 0 Å². The van der Waals surface area contributed by atoms with Crippen molar-refractivity contribution in [2.45, 2.75) is 0 Å². The van der Waals surface area contributed by atoms with Crippen molar-refractivity contribution >= 4 is 5.69 Å². The summed E-state index contributed by atoms with van der Waals surface area (Å²) in [5, 5.41) is 6.84. The van der Waals surface area contributed by atoms with Crippen LogP contribution in [0.4, 0.5) is 5.69 Å². The molecule has 0 atom stereocenters. The summed E-state index contributed by atoms with van der Waals surface area (Å²) in [5.41, 5.74) is 5.82. The first-order valence-electron chi connectivity index (χ1n) is 1.84. The van der Waals surface area contributed by atoms with Gasteiger partial charge in [-0.25, -0.2) is 0 Å². The lowest BCUT2D eigenvalue weighted by Crippen LogP contribution is -1.85. The highest BCUT2D eigenvalue weighted by atomic mass is 15.1. The lowest BCUT2D eigenvalue weighted by atomic mass is 10.5. The third kappa shape index (κ3) is 0.855. The van der Waals surface area contributed by atoms with E-state index < -0.39 is 0 Å². The molecule has 0 aliphatic rings. The minimum Gasteiger partial charge on any atom is -0.397 e.